The monoisotopic (exact) mass is 308 g/mol. The fourth-order valence-corrected chi connectivity index (χ4v) is 2.76. The molecule has 1 aromatic rings. The van der Waals surface area contributed by atoms with Crippen LogP contribution in [0.3, 0.4) is 0 Å². The molecule has 0 bridgehead atoms. The number of hydrogen-bond donors (Lipinski definition) is 1. The Balaban J connectivity index is 2.41. The van der Waals surface area contributed by atoms with Crippen molar-refractivity contribution in [2.75, 3.05) is 23.8 Å². The summed E-state index contributed by atoms with van der Waals surface area (Å²) in [5.74, 6) is -0.273. The maximum Gasteiger partial charge on any atom is 0.307 e. The molecule has 1 aliphatic rings. The zero-order valence-electron chi connectivity index (χ0n) is 9.80. The minimum atomic E-state index is -4.78. The number of halogens is 2. The van der Waals surface area contributed by atoms with Crippen LogP contribution in [0.2, 0.25) is 5.15 Å². The second-order valence-corrected chi connectivity index (χ2v) is 5.89. The first kappa shape index (κ1) is 13.9. The van der Waals surface area contributed by atoms with Crippen molar-refractivity contribution in [1.29, 1.82) is 0 Å². The number of hydrogen-bond acceptors (Lipinski definition) is 6. The number of carbonyl (C=O) groups is 1. The highest BCUT2D eigenvalue weighted by Crippen LogP contribution is 2.34. The predicted octanol–water partition coefficient (Wildman–Crippen LogP) is 0.576. The molecule has 2 heterocycles. The van der Waals surface area contributed by atoms with Gasteiger partial charge in [0, 0.05) is 20.0 Å². The largest absolute Gasteiger partial charge is 0.371 e. The number of carbonyl (C=O) groups excluding carboxylic acids is 1. The molecule has 10 heteroatoms. The quantitative estimate of drug-likeness (QED) is 0.648. The third-order valence-electron chi connectivity index (χ3n) is 2.77. The summed E-state index contributed by atoms with van der Waals surface area (Å²) in [6, 6.07) is 0. The Morgan fingerprint density at radius 3 is 2.74 bits per heavy atom. The van der Waals surface area contributed by atoms with Crippen LogP contribution < -0.4 is 10.2 Å². The summed E-state index contributed by atoms with van der Waals surface area (Å²) in [5.41, 5.74) is 0.155. The Kier molecular flexibility index (Phi) is 3.59. The van der Waals surface area contributed by atoms with Gasteiger partial charge in [0.15, 0.2) is 11.0 Å². The van der Waals surface area contributed by atoms with Crippen molar-refractivity contribution >= 4 is 39.2 Å². The molecule has 0 saturated carbocycles. The molecule has 1 atom stereocenters. The van der Waals surface area contributed by atoms with Gasteiger partial charge < -0.3 is 10.2 Å². The van der Waals surface area contributed by atoms with Crippen molar-refractivity contribution in [2.45, 2.75) is 11.7 Å². The number of nitrogens with zero attached hydrogens (tertiary/aromatic N) is 3. The Hall–Kier alpha value is -1.48. The molecule has 104 valence electrons. The molecular weight excluding hydrogens is 299 g/mol. The van der Waals surface area contributed by atoms with Crippen molar-refractivity contribution in [3.05, 3.63) is 11.5 Å². The van der Waals surface area contributed by atoms with E-state index in [-0.39, 0.29) is 23.2 Å². The average Bonchev–Trinajstić information content (AvgIpc) is 2.70. The van der Waals surface area contributed by atoms with E-state index in [2.05, 4.69) is 15.3 Å². The van der Waals surface area contributed by atoms with E-state index in [4.69, 9.17) is 11.6 Å². The van der Waals surface area contributed by atoms with Crippen molar-refractivity contribution in [2.24, 2.45) is 0 Å². The van der Waals surface area contributed by atoms with Crippen molar-refractivity contribution in [3.63, 3.8) is 0 Å². The zero-order chi connectivity index (χ0) is 14.2. The van der Waals surface area contributed by atoms with Gasteiger partial charge in [0.05, 0.1) is 0 Å². The summed E-state index contributed by atoms with van der Waals surface area (Å²) in [4.78, 5) is 20.5. The van der Waals surface area contributed by atoms with Gasteiger partial charge in [-0.05, 0) is 0 Å². The summed E-state index contributed by atoms with van der Waals surface area (Å²) in [7, 11) is -3.21. The molecule has 1 amide bonds. The topological polar surface area (TPSA) is 92.3 Å². The second kappa shape index (κ2) is 4.89. The Morgan fingerprint density at radius 2 is 2.21 bits per heavy atom. The third-order valence-corrected chi connectivity index (χ3v) is 4.16. The predicted molar refractivity (Wildman–Crippen MR) is 67.4 cm³/mol. The third kappa shape index (κ3) is 2.61. The van der Waals surface area contributed by atoms with Gasteiger partial charge in [-0.3, -0.25) is 4.79 Å². The van der Waals surface area contributed by atoms with E-state index in [1.807, 2.05) is 0 Å². The van der Waals surface area contributed by atoms with Gasteiger partial charge >= 0.3 is 10.2 Å². The van der Waals surface area contributed by atoms with Crippen molar-refractivity contribution in [3.8, 4) is 0 Å². The molecule has 0 aliphatic carbocycles. The minimum absolute atomic E-state index is 0.00962. The summed E-state index contributed by atoms with van der Waals surface area (Å²) in [6.07, 6.45) is 0.773. The van der Waals surface area contributed by atoms with E-state index in [0.717, 1.165) is 4.90 Å². The normalized spacial score (nSPS) is 19.8. The van der Waals surface area contributed by atoms with E-state index in [9.17, 15) is 17.1 Å². The van der Waals surface area contributed by atoms with E-state index in [1.54, 1.807) is 7.05 Å². The highest BCUT2D eigenvalue weighted by molar-refractivity contribution is 7.87. The summed E-state index contributed by atoms with van der Waals surface area (Å²) in [6.45, 7) is -0.306. The van der Waals surface area contributed by atoms with Crippen LogP contribution in [0.4, 0.5) is 15.4 Å². The van der Waals surface area contributed by atoms with Crippen molar-refractivity contribution in [1.82, 2.24) is 9.97 Å². The highest BCUT2D eigenvalue weighted by Gasteiger charge is 2.40. The van der Waals surface area contributed by atoms with Crippen LogP contribution in [0.15, 0.2) is 6.33 Å². The van der Waals surface area contributed by atoms with Crippen LogP contribution >= 0.6 is 11.6 Å². The van der Waals surface area contributed by atoms with Gasteiger partial charge in [-0.15, -0.1) is 3.89 Å². The fraction of sp³-hybridized carbons (Fsp3) is 0.444. The molecule has 0 radical (unpaired) electrons. The highest BCUT2D eigenvalue weighted by atomic mass is 35.5. The Labute approximate surface area is 114 Å². The van der Waals surface area contributed by atoms with E-state index >= 15 is 0 Å². The van der Waals surface area contributed by atoms with Gasteiger partial charge in [0.2, 0.25) is 5.91 Å². The van der Waals surface area contributed by atoms with Crippen LogP contribution in [0, 0.1) is 0 Å². The van der Waals surface area contributed by atoms with Gasteiger partial charge in [-0.2, -0.15) is 8.42 Å². The number of amides is 1. The van der Waals surface area contributed by atoms with Crippen LogP contribution in [0.25, 0.3) is 0 Å². The smallest absolute Gasteiger partial charge is 0.307 e. The molecule has 1 unspecified atom stereocenters. The lowest BCUT2D eigenvalue weighted by Gasteiger charge is -2.19. The first-order chi connectivity index (χ1) is 8.84. The molecular formula is C9H10ClFN4O3S. The Bertz CT molecular complexity index is 624. The van der Waals surface area contributed by atoms with Crippen LogP contribution in [-0.4, -0.2) is 43.1 Å². The first-order valence-electron chi connectivity index (χ1n) is 5.26. The van der Waals surface area contributed by atoms with Gasteiger partial charge in [0.1, 0.15) is 17.3 Å². The first-order valence-corrected chi connectivity index (χ1v) is 7.09. The van der Waals surface area contributed by atoms with E-state index < -0.39 is 27.8 Å². The number of rotatable bonds is 3. The van der Waals surface area contributed by atoms with Crippen LogP contribution in [0.5, 0.6) is 0 Å². The second-order valence-electron chi connectivity index (χ2n) is 3.92. The van der Waals surface area contributed by atoms with Crippen LogP contribution in [0.1, 0.15) is 6.42 Å². The lowest BCUT2D eigenvalue weighted by Crippen LogP contribution is -2.28. The molecule has 1 aromatic heterocycles. The lowest BCUT2D eigenvalue weighted by molar-refractivity contribution is -0.117. The van der Waals surface area contributed by atoms with Gasteiger partial charge in [-0.1, -0.05) is 11.6 Å². The zero-order valence-corrected chi connectivity index (χ0v) is 11.4. The molecule has 1 aliphatic heterocycles. The van der Waals surface area contributed by atoms with Gasteiger partial charge in [-0.25, -0.2) is 9.97 Å². The number of nitrogens with one attached hydrogen (secondary N) is 1. The summed E-state index contributed by atoms with van der Waals surface area (Å²) >= 11 is 5.89. The molecule has 0 spiro atoms. The molecule has 1 N–H and O–H groups in total. The SMILES string of the molecule is CNc1ncnc(Cl)c1N1CC(S(=O)(=O)F)CC1=O. The summed E-state index contributed by atoms with van der Waals surface area (Å²) in [5, 5.41) is 1.32. The number of aromatic nitrogens is 2. The van der Waals surface area contributed by atoms with Crippen molar-refractivity contribution < 1.29 is 17.1 Å². The molecule has 2 rings (SSSR count). The fourth-order valence-electron chi connectivity index (χ4n) is 1.86. The standard InChI is InChI=1S/C9H10ClFN4O3S/c1-12-9-7(8(10)13-4-14-9)15-3-5(2-6(15)16)19(11,17)18/h4-5H,2-3H2,1H3,(H,12,13,14). The van der Waals surface area contributed by atoms with E-state index in [0.29, 0.717) is 0 Å². The summed E-state index contributed by atoms with van der Waals surface area (Å²) < 4.78 is 34.7. The van der Waals surface area contributed by atoms with E-state index in [1.165, 1.54) is 6.33 Å². The lowest BCUT2D eigenvalue weighted by atomic mass is 10.4. The molecule has 19 heavy (non-hydrogen) atoms. The molecule has 7 nitrogen and oxygen atoms in total. The average molecular weight is 309 g/mol. The van der Waals surface area contributed by atoms with Crippen LogP contribution in [-0.2, 0) is 15.0 Å². The van der Waals surface area contributed by atoms with Gasteiger partial charge in [0.25, 0.3) is 0 Å². The Morgan fingerprint density at radius 1 is 1.53 bits per heavy atom. The number of anilines is 2. The molecule has 1 fully saturated rings. The minimum Gasteiger partial charge on any atom is -0.371 e. The molecule has 0 aromatic carbocycles. The maximum absolute atomic E-state index is 13.0. The molecule has 1 saturated heterocycles. The maximum atomic E-state index is 13.0.